The van der Waals surface area contributed by atoms with Gasteiger partial charge in [-0.25, -0.2) is 0 Å². The standard InChI is InChI=1S/C27H29NO4/c1-5-31-24-15-20-16-26(29)28(21-10-12-22(30-4)13-11-21)27(19-9-7-8-18(3)14-19)23(20)17-25(24)32-6-2/h7-15,17,27H,5-6,16H2,1-4H3/t27-/m1/s1. The molecular formula is C27H29NO4. The second kappa shape index (κ2) is 9.35. The minimum Gasteiger partial charge on any atom is -0.497 e. The van der Waals surface area contributed by atoms with Crippen molar-refractivity contribution in [1.82, 2.24) is 0 Å². The zero-order valence-electron chi connectivity index (χ0n) is 19.1. The number of hydrogen-bond donors (Lipinski definition) is 0. The van der Waals surface area contributed by atoms with Crippen LogP contribution in [0.4, 0.5) is 5.69 Å². The molecule has 1 aliphatic rings. The Balaban J connectivity index is 1.91. The monoisotopic (exact) mass is 431 g/mol. The highest BCUT2D eigenvalue weighted by Gasteiger charge is 2.36. The van der Waals surface area contributed by atoms with Gasteiger partial charge in [-0.15, -0.1) is 0 Å². The molecule has 0 fully saturated rings. The van der Waals surface area contributed by atoms with E-state index in [1.807, 2.05) is 61.2 Å². The lowest BCUT2D eigenvalue weighted by atomic mass is 9.86. The quantitative estimate of drug-likeness (QED) is 0.497. The van der Waals surface area contributed by atoms with E-state index in [4.69, 9.17) is 14.2 Å². The van der Waals surface area contributed by atoms with Gasteiger partial charge < -0.3 is 19.1 Å². The van der Waals surface area contributed by atoms with E-state index in [2.05, 4.69) is 25.1 Å². The van der Waals surface area contributed by atoms with Crippen LogP contribution in [0.25, 0.3) is 0 Å². The molecule has 0 spiro atoms. The Morgan fingerprint density at radius 3 is 2.25 bits per heavy atom. The van der Waals surface area contributed by atoms with E-state index in [-0.39, 0.29) is 11.9 Å². The van der Waals surface area contributed by atoms with E-state index in [0.29, 0.717) is 31.1 Å². The number of ether oxygens (including phenoxy) is 3. The molecule has 0 saturated heterocycles. The normalized spacial score (nSPS) is 15.3. The summed E-state index contributed by atoms with van der Waals surface area (Å²) in [5.41, 5.74) is 5.06. The highest BCUT2D eigenvalue weighted by molar-refractivity contribution is 5.98. The third-order valence-corrected chi connectivity index (χ3v) is 5.68. The minimum atomic E-state index is -0.269. The average molecular weight is 432 g/mol. The van der Waals surface area contributed by atoms with Gasteiger partial charge in [-0.1, -0.05) is 29.8 Å². The number of fused-ring (bicyclic) bond motifs is 1. The molecule has 0 saturated carbocycles. The van der Waals surface area contributed by atoms with Gasteiger partial charge >= 0.3 is 0 Å². The van der Waals surface area contributed by atoms with Crippen LogP contribution >= 0.6 is 0 Å². The molecule has 166 valence electrons. The fraction of sp³-hybridized carbons (Fsp3) is 0.296. The molecule has 0 unspecified atom stereocenters. The van der Waals surface area contributed by atoms with Gasteiger partial charge in [-0.3, -0.25) is 4.79 Å². The zero-order valence-corrected chi connectivity index (χ0v) is 19.1. The molecule has 0 N–H and O–H groups in total. The predicted molar refractivity (Wildman–Crippen MR) is 126 cm³/mol. The van der Waals surface area contributed by atoms with Crippen LogP contribution in [-0.2, 0) is 11.2 Å². The molecular weight excluding hydrogens is 402 g/mol. The first-order valence-electron chi connectivity index (χ1n) is 11.0. The number of methoxy groups -OCH3 is 1. The lowest BCUT2D eigenvalue weighted by Gasteiger charge is -2.38. The van der Waals surface area contributed by atoms with Gasteiger partial charge in [0.1, 0.15) is 5.75 Å². The third kappa shape index (κ3) is 4.15. The van der Waals surface area contributed by atoms with Crippen LogP contribution in [-0.4, -0.2) is 26.2 Å². The summed E-state index contributed by atoms with van der Waals surface area (Å²) in [6, 6.07) is 19.7. The molecule has 1 aliphatic heterocycles. The van der Waals surface area contributed by atoms with E-state index in [0.717, 1.165) is 33.7 Å². The van der Waals surface area contributed by atoms with E-state index in [9.17, 15) is 4.79 Å². The van der Waals surface area contributed by atoms with Crippen molar-refractivity contribution in [3.05, 3.63) is 82.9 Å². The Labute approximate surface area is 189 Å². The van der Waals surface area contributed by atoms with E-state index in [1.54, 1.807) is 7.11 Å². The number of rotatable bonds is 7. The number of benzene rings is 3. The zero-order chi connectivity index (χ0) is 22.7. The first kappa shape index (κ1) is 21.8. The topological polar surface area (TPSA) is 48.0 Å². The molecule has 0 radical (unpaired) electrons. The van der Waals surface area contributed by atoms with E-state index < -0.39 is 0 Å². The number of anilines is 1. The molecule has 3 aromatic carbocycles. The van der Waals surface area contributed by atoms with Gasteiger partial charge in [0, 0.05) is 5.69 Å². The van der Waals surface area contributed by atoms with Crippen LogP contribution < -0.4 is 19.1 Å². The van der Waals surface area contributed by atoms with Crippen molar-refractivity contribution in [2.75, 3.05) is 25.2 Å². The van der Waals surface area contributed by atoms with E-state index in [1.165, 1.54) is 0 Å². The van der Waals surface area contributed by atoms with Crippen molar-refractivity contribution in [3.63, 3.8) is 0 Å². The number of amides is 1. The smallest absolute Gasteiger partial charge is 0.232 e. The molecule has 0 bridgehead atoms. The molecule has 5 nitrogen and oxygen atoms in total. The fourth-order valence-corrected chi connectivity index (χ4v) is 4.30. The van der Waals surface area contributed by atoms with Crippen LogP contribution in [0, 0.1) is 6.92 Å². The van der Waals surface area contributed by atoms with Crippen molar-refractivity contribution in [2.45, 2.75) is 33.2 Å². The maximum atomic E-state index is 13.5. The van der Waals surface area contributed by atoms with Crippen molar-refractivity contribution < 1.29 is 19.0 Å². The molecule has 1 atom stereocenters. The van der Waals surface area contributed by atoms with Crippen molar-refractivity contribution in [1.29, 1.82) is 0 Å². The van der Waals surface area contributed by atoms with Gasteiger partial charge in [0.05, 0.1) is 32.8 Å². The fourth-order valence-electron chi connectivity index (χ4n) is 4.30. The Morgan fingerprint density at radius 2 is 1.62 bits per heavy atom. The Kier molecular flexibility index (Phi) is 6.35. The third-order valence-electron chi connectivity index (χ3n) is 5.68. The van der Waals surface area contributed by atoms with Crippen LogP contribution in [0.1, 0.15) is 42.1 Å². The van der Waals surface area contributed by atoms with Crippen molar-refractivity contribution >= 4 is 11.6 Å². The van der Waals surface area contributed by atoms with Crippen molar-refractivity contribution in [2.24, 2.45) is 0 Å². The minimum absolute atomic E-state index is 0.0424. The summed E-state index contributed by atoms with van der Waals surface area (Å²) in [5, 5.41) is 0. The lowest BCUT2D eigenvalue weighted by molar-refractivity contribution is -0.118. The number of aryl methyl sites for hydroxylation is 1. The first-order chi connectivity index (χ1) is 15.5. The number of carbonyl (C=O) groups is 1. The molecule has 32 heavy (non-hydrogen) atoms. The highest BCUT2D eigenvalue weighted by Crippen LogP contribution is 2.43. The highest BCUT2D eigenvalue weighted by atomic mass is 16.5. The summed E-state index contributed by atoms with van der Waals surface area (Å²) >= 11 is 0. The second-order valence-electron chi connectivity index (χ2n) is 7.82. The molecule has 0 aromatic heterocycles. The van der Waals surface area contributed by atoms with Gasteiger partial charge in [0.25, 0.3) is 0 Å². The van der Waals surface area contributed by atoms with Crippen LogP contribution in [0.5, 0.6) is 17.2 Å². The number of carbonyl (C=O) groups excluding carboxylic acids is 1. The van der Waals surface area contributed by atoms with Gasteiger partial charge in [0.2, 0.25) is 5.91 Å². The SMILES string of the molecule is CCOc1cc2c(cc1OCC)[C@@H](c1cccc(C)c1)N(c1ccc(OC)cc1)C(=O)C2. The van der Waals surface area contributed by atoms with Crippen LogP contribution in [0.3, 0.4) is 0 Å². The Bertz CT molecular complexity index is 1110. The molecule has 5 heteroatoms. The maximum Gasteiger partial charge on any atom is 0.232 e. The average Bonchev–Trinajstić information content (AvgIpc) is 2.79. The largest absolute Gasteiger partial charge is 0.497 e. The summed E-state index contributed by atoms with van der Waals surface area (Å²) in [7, 11) is 1.64. The second-order valence-corrected chi connectivity index (χ2v) is 7.82. The summed E-state index contributed by atoms with van der Waals surface area (Å²) in [6.07, 6.45) is 0.302. The summed E-state index contributed by atoms with van der Waals surface area (Å²) in [5.74, 6) is 2.18. The summed E-state index contributed by atoms with van der Waals surface area (Å²) in [4.78, 5) is 15.4. The molecule has 0 aliphatic carbocycles. The Hall–Kier alpha value is -3.47. The number of nitrogens with zero attached hydrogens (tertiary/aromatic N) is 1. The van der Waals surface area contributed by atoms with Crippen LogP contribution in [0.2, 0.25) is 0 Å². The maximum absolute atomic E-state index is 13.5. The van der Waals surface area contributed by atoms with E-state index >= 15 is 0 Å². The predicted octanol–water partition coefficient (Wildman–Crippen LogP) is 5.48. The van der Waals surface area contributed by atoms with Gasteiger partial charge in [0.15, 0.2) is 11.5 Å². The molecule has 4 rings (SSSR count). The lowest BCUT2D eigenvalue weighted by Crippen LogP contribution is -2.41. The molecule has 1 amide bonds. The molecule has 3 aromatic rings. The van der Waals surface area contributed by atoms with Gasteiger partial charge in [-0.05, 0) is 73.9 Å². The van der Waals surface area contributed by atoms with Crippen LogP contribution in [0.15, 0.2) is 60.7 Å². The van der Waals surface area contributed by atoms with Crippen molar-refractivity contribution in [3.8, 4) is 17.2 Å². The Morgan fingerprint density at radius 1 is 0.938 bits per heavy atom. The van der Waals surface area contributed by atoms with Gasteiger partial charge in [-0.2, -0.15) is 0 Å². The number of hydrogen-bond acceptors (Lipinski definition) is 4. The molecule has 1 heterocycles. The summed E-state index contributed by atoms with van der Waals surface area (Å²) in [6.45, 7) is 7.04. The summed E-state index contributed by atoms with van der Waals surface area (Å²) < 4.78 is 17.1. The first-order valence-corrected chi connectivity index (χ1v) is 11.0.